The van der Waals surface area contributed by atoms with Gasteiger partial charge in [0.15, 0.2) is 0 Å². The number of ether oxygens (including phenoxy) is 5. The Bertz CT molecular complexity index is 2360. The molecule has 0 aliphatic carbocycles. The molecule has 3 aromatic carbocycles. The molecule has 4 heterocycles. The second-order valence-corrected chi connectivity index (χ2v) is 15.9. The molecule has 3 unspecified atom stereocenters. The van der Waals surface area contributed by atoms with Crippen molar-refractivity contribution in [1.29, 1.82) is 0 Å². The van der Waals surface area contributed by atoms with Gasteiger partial charge in [-0.15, -0.1) is 11.8 Å². The molecule has 2 aromatic heterocycles. The van der Waals surface area contributed by atoms with Crippen LogP contribution >= 0.6 is 11.8 Å². The third-order valence-electron chi connectivity index (χ3n) is 11.0. The van der Waals surface area contributed by atoms with E-state index in [1.807, 2.05) is 78.9 Å². The Kier molecular flexibility index (Phi) is 12.5. The standard InChI is InChI=1S/C43H48N4O10S/c1-26-23-46(41(51)44-38(26)49)36-21-28(9-8-20-58-40-34(48)22-37(57-40)47-24-27(2)39(50)45-42(47)52)35(56-36)25-55-43(29-10-6-5-7-11-29,30-12-16-32(53-3)17-13-30)31-14-18-33(54-4)19-15-31/h5-7,10-19,23-24,28,34-37,40,48H,8-9,20-22,25H2,1-4H3,(H,44,49,51)(H,45,50,52)/t28-,34?,35+,36+,37?,40?/m0/s1. The second kappa shape index (κ2) is 17.7. The van der Waals surface area contributed by atoms with Crippen molar-refractivity contribution in [2.45, 2.75) is 75.2 Å². The zero-order valence-corrected chi connectivity index (χ0v) is 33.6. The maximum absolute atomic E-state index is 13.1. The SMILES string of the molecule is COc1ccc(C(OC[C@H]2O[C@@H](n3cc(C)c(=O)[nH]c3=O)C[C@@H]2CCCSC2OC(n3cc(C)c(=O)[nH]c3=O)CC2O)(c2ccccc2)c2ccc(OC)cc2)cc1. The van der Waals surface area contributed by atoms with Gasteiger partial charge in [-0.1, -0.05) is 54.6 Å². The summed E-state index contributed by atoms with van der Waals surface area (Å²) in [5, 5.41) is 10.9. The molecule has 0 saturated carbocycles. The molecule has 15 heteroatoms. The van der Waals surface area contributed by atoms with E-state index in [2.05, 4.69) is 9.97 Å². The van der Waals surface area contributed by atoms with E-state index in [1.54, 1.807) is 28.1 Å². The van der Waals surface area contributed by atoms with E-state index in [1.165, 1.54) is 33.3 Å². The largest absolute Gasteiger partial charge is 0.497 e. The molecule has 58 heavy (non-hydrogen) atoms. The number of hydrogen-bond acceptors (Lipinski definition) is 11. The summed E-state index contributed by atoms with van der Waals surface area (Å²) in [5.74, 6) is 1.98. The molecule has 0 amide bonds. The van der Waals surface area contributed by atoms with Crippen molar-refractivity contribution in [2.75, 3.05) is 26.6 Å². The van der Waals surface area contributed by atoms with E-state index in [-0.39, 0.29) is 18.9 Å². The van der Waals surface area contributed by atoms with Crippen LogP contribution in [0.1, 0.15) is 66.0 Å². The van der Waals surface area contributed by atoms with Crippen LogP contribution in [-0.2, 0) is 19.8 Å². The maximum Gasteiger partial charge on any atom is 0.330 e. The van der Waals surface area contributed by atoms with E-state index >= 15 is 0 Å². The van der Waals surface area contributed by atoms with Crippen molar-refractivity contribution in [3.63, 3.8) is 0 Å². The van der Waals surface area contributed by atoms with Gasteiger partial charge in [-0.3, -0.25) is 28.7 Å². The predicted molar refractivity (Wildman–Crippen MR) is 219 cm³/mol. The van der Waals surface area contributed by atoms with Crippen LogP contribution in [0.2, 0.25) is 0 Å². The van der Waals surface area contributed by atoms with Gasteiger partial charge in [0.25, 0.3) is 11.1 Å². The fraction of sp³-hybridized carbons (Fsp3) is 0.395. The Hall–Kier alpha value is -5.19. The molecule has 14 nitrogen and oxygen atoms in total. The van der Waals surface area contributed by atoms with Crippen LogP contribution in [0, 0.1) is 19.8 Å². The minimum Gasteiger partial charge on any atom is -0.497 e. The summed E-state index contributed by atoms with van der Waals surface area (Å²) in [6.45, 7) is 3.41. The Morgan fingerprint density at radius 1 is 0.741 bits per heavy atom. The number of aryl methyl sites for hydroxylation is 2. The smallest absolute Gasteiger partial charge is 0.330 e. The highest BCUT2D eigenvalue weighted by molar-refractivity contribution is 7.99. The van der Waals surface area contributed by atoms with Crippen LogP contribution in [0.5, 0.6) is 11.5 Å². The average molecular weight is 813 g/mol. The number of aliphatic hydroxyl groups is 1. The normalized spacial score (nSPS) is 21.9. The first-order valence-corrected chi connectivity index (χ1v) is 20.3. The van der Waals surface area contributed by atoms with Crippen molar-refractivity contribution in [2.24, 2.45) is 5.92 Å². The molecular weight excluding hydrogens is 765 g/mol. The monoisotopic (exact) mass is 812 g/mol. The van der Waals surface area contributed by atoms with Crippen LogP contribution < -0.4 is 32.0 Å². The lowest BCUT2D eigenvalue weighted by atomic mass is 9.80. The number of aliphatic hydroxyl groups excluding tert-OH is 1. The van der Waals surface area contributed by atoms with Gasteiger partial charge in [0.05, 0.1) is 33.0 Å². The number of hydrogen-bond donors (Lipinski definition) is 3. The first-order valence-electron chi connectivity index (χ1n) is 19.2. The zero-order valence-electron chi connectivity index (χ0n) is 32.8. The van der Waals surface area contributed by atoms with Crippen molar-refractivity contribution in [3.05, 3.63) is 161 Å². The topological polar surface area (TPSA) is 176 Å². The number of aromatic amines is 2. The summed E-state index contributed by atoms with van der Waals surface area (Å²) < 4.78 is 33.8. The quantitative estimate of drug-likeness (QED) is 0.0983. The fourth-order valence-electron chi connectivity index (χ4n) is 7.81. The minimum absolute atomic E-state index is 0.0604. The molecule has 5 aromatic rings. The number of benzene rings is 3. The van der Waals surface area contributed by atoms with E-state index in [9.17, 15) is 24.3 Å². The lowest BCUT2D eigenvalue weighted by molar-refractivity contribution is -0.0853. The highest BCUT2D eigenvalue weighted by atomic mass is 32.2. The molecule has 2 fully saturated rings. The third kappa shape index (κ3) is 8.50. The van der Waals surface area contributed by atoms with E-state index in [0.717, 1.165) is 23.1 Å². The number of thioether (sulfide) groups is 1. The Labute approximate surface area is 338 Å². The highest BCUT2D eigenvalue weighted by Gasteiger charge is 2.43. The van der Waals surface area contributed by atoms with Crippen LogP contribution in [0.4, 0.5) is 0 Å². The van der Waals surface area contributed by atoms with Gasteiger partial charge >= 0.3 is 11.4 Å². The first kappa shape index (κ1) is 41.0. The summed E-state index contributed by atoms with van der Waals surface area (Å²) in [7, 11) is 3.25. The summed E-state index contributed by atoms with van der Waals surface area (Å²) in [4.78, 5) is 54.5. The van der Waals surface area contributed by atoms with E-state index < -0.39 is 58.2 Å². The van der Waals surface area contributed by atoms with E-state index in [4.69, 9.17) is 23.7 Å². The van der Waals surface area contributed by atoms with Gasteiger partial charge < -0.3 is 28.8 Å². The average Bonchev–Trinajstić information content (AvgIpc) is 3.82. The van der Waals surface area contributed by atoms with Gasteiger partial charge in [-0.25, -0.2) is 9.59 Å². The predicted octanol–water partition coefficient (Wildman–Crippen LogP) is 4.75. The van der Waals surface area contributed by atoms with Gasteiger partial charge in [0.2, 0.25) is 0 Å². The Morgan fingerprint density at radius 2 is 1.26 bits per heavy atom. The maximum atomic E-state index is 13.1. The second-order valence-electron chi connectivity index (χ2n) is 14.7. The van der Waals surface area contributed by atoms with Crippen LogP contribution in [0.15, 0.2) is 110 Å². The first-order chi connectivity index (χ1) is 28.0. The molecule has 0 spiro atoms. The summed E-state index contributed by atoms with van der Waals surface area (Å²) in [5.41, 5.74) is -0.306. The molecule has 0 radical (unpaired) electrons. The molecular formula is C43H48N4O10S. The van der Waals surface area contributed by atoms with Gasteiger partial charge in [0.1, 0.15) is 35.0 Å². The molecule has 6 atom stereocenters. The van der Waals surface area contributed by atoms with Gasteiger partial charge in [-0.05, 0) is 85.7 Å². The van der Waals surface area contributed by atoms with E-state index in [0.29, 0.717) is 41.2 Å². The zero-order chi connectivity index (χ0) is 41.0. The number of nitrogens with one attached hydrogen (secondary N) is 2. The highest BCUT2D eigenvalue weighted by Crippen LogP contribution is 2.44. The number of H-pyrrole nitrogens is 2. The van der Waals surface area contributed by atoms with Crippen LogP contribution in [0.25, 0.3) is 0 Å². The molecule has 3 N–H and O–H groups in total. The Balaban J connectivity index is 1.14. The lowest BCUT2D eigenvalue weighted by Gasteiger charge is -2.37. The number of methoxy groups -OCH3 is 2. The van der Waals surface area contributed by atoms with Crippen molar-refractivity contribution in [3.8, 4) is 11.5 Å². The summed E-state index contributed by atoms with van der Waals surface area (Å²) in [6, 6.07) is 25.5. The Morgan fingerprint density at radius 3 is 1.79 bits per heavy atom. The van der Waals surface area contributed by atoms with Gasteiger partial charge in [0, 0.05) is 29.9 Å². The van der Waals surface area contributed by atoms with Crippen molar-refractivity contribution >= 4 is 11.8 Å². The van der Waals surface area contributed by atoms with Crippen LogP contribution in [0.3, 0.4) is 0 Å². The summed E-state index contributed by atoms with van der Waals surface area (Å²) in [6.07, 6.45) is 2.48. The van der Waals surface area contributed by atoms with Crippen molar-refractivity contribution in [1.82, 2.24) is 19.1 Å². The number of nitrogens with zero attached hydrogens (tertiary/aromatic N) is 2. The number of rotatable bonds is 15. The van der Waals surface area contributed by atoms with Gasteiger partial charge in [-0.2, -0.15) is 0 Å². The van der Waals surface area contributed by atoms with Crippen molar-refractivity contribution < 1.29 is 28.8 Å². The summed E-state index contributed by atoms with van der Waals surface area (Å²) >= 11 is 1.46. The molecule has 2 saturated heterocycles. The minimum atomic E-state index is -1.09. The lowest BCUT2D eigenvalue weighted by Crippen LogP contribution is -2.37. The molecule has 2 aliphatic rings. The number of aromatic nitrogens is 4. The molecule has 2 aliphatic heterocycles. The molecule has 0 bridgehead atoms. The molecule has 7 rings (SSSR count). The third-order valence-corrected chi connectivity index (χ3v) is 12.2. The van der Waals surface area contributed by atoms with Crippen LogP contribution in [-0.4, -0.2) is 68.4 Å². The molecule has 306 valence electrons. The fourth-order valence-corrected chi connectivity index (χ4v) is 8.92.